The third kappa shape index (κ3) is 7.59. The topological polar surface area (TPSA) is 95.6 Å². The maximum atomic E-state index is 13.0. The standard InChI is InChI=1S/C26H36N2O4/c1-5-6-7-11-20-14-23(29)22(13-12-19(4)10-8-9-18(2)3)25(30)24(20)26(31)28-16-21-15-27-17-32-21/h9,12,14-15,17,29-30H,5-8,10-11,13,16H2,1-4H3,(H,28,31)/b19-12+. The number of hydrogen-bond donors (Lipinski definition) is 3. The van der Waals surface area contributed by atoms with Crippen LogP contribution < -0.4 is 5.32 Å². The number of carbonyl (C=O) groups is 1. The van der Waals surface area contributed by atoms with Gasteiger partial charge in [-0.15, -0.1) is 0 Å². The molecule has 0 saturated carbocycles. The van der Waals surface area contributed by atoms with Crippen molar-refractivity contribution in [2.24, 2.45) is 0 Å². The molecule has 1 aromatic carbocycles. The van der Waals surface area contributed by atoms with Crippen molar-refractivity contribution >= 4 is 5.91 Å². The van der Waals surface area contributed by atoms with Crippen LogP contribution in [-0.4, -0.2) is 21.1 Å². The number of rotatable bonds is 12. The molecule has 1 aromatic heterocycles. The molecular weight excluding hydrogens is 404 g/mol. The number of nitrogens with one attached hydrogen (secondary N) is 1. The van der Waals surface area contributed by atoms with Crippen LogP contribution in [-0.2, 0) is 19.4 Å². The summed E-state index contributed by atoms with van der Waals surface area (Å²) < 4.78 is 5.17. The molecule has 2 aromatic rings. The van der Waals surface area contributed by atoms with Gasteiger partial charge in [-0.2, -0.15) is 0 Å². The van der Waals surface area contributed by atoms with E-state index in [2.05, 4.69) is 37.1 Å². The molecule has 3 N–H and O–H groups in total. The van der Waals surface area contributed by atoms with Crippen molar-refractivity contribution in [3.8, 4) is 11.5 Å². The van der Waals surface area contributed by atoms with Crippen LogP contribution in [0.1, 0.15) is 87.0 Å². The van der Waals surface area contributed by atoms with E-state index in [0.717, 1.165) is 32.1 Å². The van der Waals surface area contributed by atoms with E-state index in [4.69, 9.17) is 4.42 Å². The van der Waals surface area contributed by atoms with E-state index in [0.29, 0.717) is 29.7 Å². The maximum Gasteiger partial charge on any atom is 0.255 e. The van der Waals surface area contributed by atoms with Crippen LogP contribution in [0.4, 0.5) is 0 Å². The number of amides is 1. The van der Waals surface area contributed by atoms with Crippen molar-refractivity contribution in [1.29, 1.82) is 0 Å². The summed E-state index contributed by atoms with van der Waals surface area (Å²) in [5.74, 6) is 0.00394. The fraction of sp³-hybridized carbons (Fsp3) is 0.462. The summed E-state index contributed by atoms with van der Waals surface area (Å²) in [6.45, 7) is 8.47. The van der Waals surface area contributed by atoms with E-state index in [1.807, 2.05) is 13.0 Å². The quantitative estimate of drug-likeness (QED) is 0.278. The molecule has 0 radical (unpaired) electrons. The molecule has 174 valence electrons. The van der Waals surface area contributed by atoms with Gasteiger partial charge in [0.1, 0.15) is 17.3 Å². The molecule has 0 aliphatic rings. The van der Waals surface area contributed by atoms with E-state index in [9.17, 15) is 15.0 Å². The van der Waals surface area contributed by atoms with Crippen LogP contribution in [0.5, 0.6) is 11.5 Å². The van der Waals surface area contributed by atoms with Gasteiger partial charge < -0.3 is 19.9 Å². The van der Waals surface area contributed by atoms with Crippen molar-refractivity contribution in [2.45, 2.75) is 79.2 Å². The number of unbranched alkanes of at least 4 members (excludes halogenated alkanes) is 2. The molecule has 6 heteroatoms. The second kappa shape index (κ2) is 12.7. The first-order chi connectivity index (χ1) is 15.3. The summed E-state index contributed by atoms with van der Waals surface area (Å²) in [5, 5.41) is 24.4. The molecule has 0 aliphatic heterocycles. The third-order valence-corrected chi connectivity index (χ3v) is 5.39. The normalized spacial score (nSPS) is 11.4. The van der Waals surface area contributed by atoms with Crippen molar-refractivity contribution in [1.82, 2.24) is 10.3 Å². The summed E-state index contributed by atoms with van der Waals surface area (Å²) in [7, 11) is 0. The maximum absolute atomic E-state index is 13.0. The first-order valence-electron chi connectivity index (χ1n) is 11.3. The van der Waals surface area contributed by atoms with Gasteiger partial charge >= 0.3 is 0 Å². The van der Waals surface area contributed by atoms with Crippen molar-refractivity contribution in [3.63, 3.8) is 0 Å². The van der Waals surface area contributed by atoms with Crippen LogP contribution in [0.15, 0.2) is 46.4 Å². The Hall–Kier alpha value is -3.02. The Balaban J connectivity index is 2.27. The first kappa shape index (κ1) is 25.2. The average Bonchev–Trinajstić information content (AvgIpc) is 3.25. The first-order valence-corrected chi connectivity index (χ1v) is 11.3. The van der Waals surface area contributed by atoms with Gasteiger partial charge in [0.15, 0.2) is 6.39 Å². The molecule has 0 atom stereocenters. The van der Waals surface area contributed by atoms with Gasteiger partial charge in [-0.3, -0.25) is 4.79 Å². The highest BCUT2D eigenvalue weighted by molar-refractivity contribution is 5.99. The van der Waals surface area contributed by atoms with Gasteiger partial charge in [-0.25, -0.2) is 4.98 Å². The van der Waals surface area contributed by atoms with E-state index in [1.165, 1.54) is 23.7 Å². The largest absolute Gasteiger partial charge is 0.508 e. The molecule has 1 amide bonds. The number of nitrogens with zero attached hydrogens (tertiary/aromatic N) is 1. The number of phenolic OH excluding ortho intramolecular Hbond substituents is 2. The number of aromatic hydroxyl groups is 2. The van der Waals surface area contributed by atoms with Gasteiger partial charge in [-0.05, 0) is 64.5 Å². The van der Waals surface area contributed by atoms with Gasteiger partial charge in [0.2, 0.25) is 0 Å². The minimum absolute atomic E-state index is 0.0223. The number of hydrogen-bond acceptors (Lipinski definition) is 5. The number of phenols is 2. The Labute approximate surface area is 191 Å². The molecule has 2 rings (SSSR count). The molecule has 1 heterocycles. The fourth-order valence-corrected chi connectivity index (χ4v) is 3.52. The minimum Gasteiger partial charge on any atom is -0.508 e. The van der Waals surface area contributed by atoms with Crippen LogP contribution in [0, 0.1) is 0 Å². The second-order valence-electron chi connectivity index (χ2n) is 8.44. The summed E-state index contributed by atoms with van der Waals surface area (Å²) in [4.78, 5) is 16.8. The van der Waals surface area contributed by atoms with Crippen LogP contribution in [0.2, 0.25) is 0 Å². The predicted molar refractivity (Wildman–Crippen MR) is 127 cm³/mol. The number of oxazole rings is 1. The predicted octanol–water partition coefficient (Wildman–Crippen LogP) is 5.98. The Kier molecular flexibility index (Phi) is 10.1. The number of benzene rings is 1. The summed E-state index contributed by atoms with van der Waals surface area (Å²) in [6, 6.07) is 1.63. The van der Waals surface area contributed by atoms with Crippen molar-refractivity contribution in [2.75, 3.05) is 0 Å². The van der Waals surface area contributed by atoms with E-state index >= 15 is 0 Å². The van der Waals surface area contributed by atoms with Crippen LogP contribution >= 0.6 is 0 Å². The van der Waals surface area contributed by atoms with E-state index < -0.39 is 5.91 Å². The minimum atomic E-state index is -0.393. The number of allylic oxidation sites excluding steroid dienone is 4. The molecule has 0 bridgehead atoms. The van der Waals surface area contributed by atoms with Crippen molar-refractivity contribution < 1.29 is 19.4 Å². The lowest BCUT2D eigenvalue weighted by molar-refractivity contribution is 0.0944. The Morgan fingerprint density at radius 2 is 1.97 bits per heavy atom. The average molecular weight is 441 g/mol. The lowest BCUT2D eigenvalue weighted by atomic mass is 9.94. The third-order valence-electron chi connectivity index (χ3n) is 5.39. The highest BCUT2D eigenvalue weighted by Gasteiger charge is 2.22. The molecule has 32 heavy (non-hydrogen) atoms. The number of aryl methyl sites for hydroxylation is 1. The lowest BCUT2D eigenvalue weighted by Gasteiger charge is -2.16. The second-order valence-corrected chi connectivity index (χ2v) is 8.44. The summed E-state index contributed by atoms with van der Waals surface area (Å²) in [5.41, 5.74) is 3.70. The lowest BCUT2D eigenvalue weighted by Crippen LogP contribution is -2.24. The number of carbonyl (C=O) groups excluding carboxylic acids is 1. The van der Waals surface area contributed by atoms with Gasteiger partial charge in [-0.1, -0.05) is 43.1 Å². The Morgan fingerprint density at radius 1 is 1.19 bits per heavy atom. The molecule has 0 unspecified atom stereocenters. The molecule has 0 spiro atoms. The Bertz CT molecular complexity index is 939. The molecule has 0 fully saturated rings. The molecular formula is C26H36N2O4. The fourth-order valence-electron chi connectivity index (χ4n) is 3.52. The zero-order chi connectivity index (χ0) is 23.5. The monoisotopic (exact) mass is 440 g/mol. The van der Waals surface area contributed by atoms with Crippen molar-refractivity contribution in [3.05, 3.63) is 64.4 Å². The highest BCUT2D eigenvalue weighted by atomic mass is 16.3. The smallest absolute Gasteiger partial charge is 0.255 e. The zero-order valence-electron chi connectivity index (χ0n) is 19.7. The Morgan fingerprint density at radius 3 is 2.62 bits per heavy atom. The zero-order valence-corrected chi connectivity index (χ0v) is 19.7. The number of aromatic nitrogens is 1. The molecule has 0 aliphatic carbocycles. The van der Waals surface area contributed by atoms with Crippen LogP contribution in [0.25, 0.3) is 0 Å². The van der Waals surface area contributed by atoms with Crippen LogP contribution in [0.3, 0.4) is 0 Å². The molecule has 0 saturated heterocycles. The SMILES string of the molecule is CCCCCc1cc(O)c(C/C=C(\C)CCC=C(C)C)c(O)c1C(=O)NCc1cnco1. The van der Waals surface area contributed by atoms with E-state index in [-0.39, 0.29) is 23.6 Å². The molecule has 6 nitrogen and oxygen atoms in total. The highest BCUT2D eigenvalue weighted by Crippen LogP contribution is 2.35. The summed E-state index contributed by atoms with van der Waals surface area (Å²) >= 11 is 0. The van der Waals surface area contributed by atoms with Gasteiger partial charge in [0.25, 0.3) is 5.91 Å². The summed E-state index contributed by atoms with van der Waals surface area (Å²) in [6.07, 6.45) is 12.8. The van der Waals surface area contributed by atoms with Gasteiger partial charge in [0.05, 0.1) is 18.3 Å². The van der Waals surface area contributed by atoms with E-state index in [1.54, 1.807) is 6.07 Å². The van der Waals surface area contributed by atoms with Gasteiger partial charge in [0, 0.05) is 5.56 Å².